The van der Waals surface area contributed by atoms with E-state index in [4.69, 9.17) is 9.47 Å². The normalized spacial score (nSPS) is 13.1. The number of hydrogen-bond donors (Lipinski definition) is 1. The molecule has 0 saturated carbocycles. The van der Waals surface area contributed by atoms with Crippen LogP contribution >= 0.6 is 0 Å². The summed E-state index contributed by atoms with van der Waals surface area (Å²) in [6, 6.07) is 11.4. The molecule has 6 nitrogen and oxygen atoms in total. The van der Waals surface area contributed by atoms with Crippen LogP contribution in [0.25, 0.3) is 0 Å². The maximum absolute atomic E-state index is 11.6. The molecule has 1 atom stereocenters. The summed E-state index contributed by atoms with van der Waals surface area (Å²) in [5.74, 6) is -0.146. The Morgan fingerprint density at radius 3 is 2.52 bits per heavy atom. The van der Waals surface area contributed by atoms with Crippen LogP contribution in [0.3, 0.4) is 0 Å². The van der Waals surface area contributed by atoms with E-state index in [9.17, 15) is 9.90 Å². The molecule has 0 bridgehead atoms. The van der Waals surface area contributed by atoms with Gasteiger partial charge in [-0.1, -0.05) is 30.3 Å². The molecule has 0 spiro atoms. The Kier molecular flexibility index (Phi) is 6.50. The standard InChI is InChI=1S/C19H23NO5/c1-19(22,11-17(21)23-2)16-9-10-20-18(24-3)15(16)13-25-12-14-7-5-4-6-8-14/h4-10,22H,11-13H2,1-3H3/t19-/m1/s1. The summed E-state index contributed by atoms with van der Waals surface area (Å²) in [6.45, 7) is 2.16. The van der Waals surface area contributed by atoms with Crippen LogP contribution in [0.1, 0.15) is 30.0 Å². The first-order chi connectivity index (χ1) is 12.0. The van der Waals surface area contributed by atoms with Gasteiger partial charge >= 0.3 is 5.97 Å². The van der Waals surface area contributed by atoms with Crippen molar-refractivity contribution in [2.24, 2.45) is 0 Å². The summed E-state index contributed by atoms with van der Waals surface area (Å²) in [5.41, 5.74) is 0.746. The maximum Gasteiger partial charge on any atom is 0.308 e. The van der Waals surface area contributed by atoms with Crippen molar-refractivity contribution in [2.45, 2.75) is 32.2 Å². The van der Waals surface area contributed by atoms with E-state index < -0.39 is 11.6 Å². The van der Waals surface area contributed by atoms with Crippen molar-refractivity contribution in [3.8, 4) is 5.88 Å². The van der Waals surface area contributed by atoms with E-state index in [1.807, 2.05) is 30.3 Å². The number of aliphatic hydroxyl groups is 1. The summed E-state index contributed by atoms with van der Waals surface area (Å²) in [4.78, 5) is 15.8. The minimum atomic E-state index is -1.42. The largest absolute Gasteiger partial charge is 0.481 e. The van der Waals surface area contributed by atoms with Crippen LogP contribution in [0.2, 0.25) is 0 Å². The lowest BCUT2D eigenvalue weighted by atomic mass is 9.89. The van der Waals surface area contributed by atoms with Gasteiger partial charge in [0.15, 0.2) is 0 Å². The van der Waals surface area contributed by atoms with E-state index >= 15 is 0 Å². The predicted octanol–water partition coefficient (Wildman–Crippen LogP) is 2.58. The number of nitrogens with zero attached hydrogens (tertiary/aromatic N) is 1. The van der Waals surface area contributed by atoms with Crippen LogP contribution in [0.15, 0.2) is 42.6 Å². The molecule has 0 unspecified atom stereocenters. The number of hydrogen-bond acceptors (Lipinski definition) is 6. The zero-order chi connectivity index (χ0) is 18.3. The Balaban J connectivity index is 2.21. The fraction of sp³-hybridized carbons (Fsp3) is 0.368. The van der Waals surface area contributed by atoms with E-state index in [0.717, 1.165) is 5.56 Å². The number of ether oxygens (including phenoxy) is 3. The van der Waals surface area contributed by atoms with E-state index in [2.05, 4.69) is 9.72 Å². The molecule has 0 radical (unpaired) electrons. The number of benzene rings is 1. The number of esters is 1. The molecule has 1 aromatic carbocycles. The third-order valence-corrected chi connectivity index (χ3v) is 3.86. The van der Waals surface area contributed by atoms with Gasteiger partial charge in [0.1, 0.15) is 0 Å². The fourth-order valence-corrected chi connectivity index (χ4v) is 2.59. The lowest BCUT2D eigenvalue weighted by Gasteiger charge is -2.26. The molecule has 0 aliphatic rings. The molecule has 2 aromatic rings. The molecular formula is C19H23NO5. The van der Waals surface area contributed by atoms with Gasteiger partial charge in [0, 0.05) is 11.8 Å². The first-order valence-corrected chi connectivity index (χ1v) is 7.91. The van der Waals surface area contributed by atoms with Crippen LogP contribution in [-0.2, 0) is 33.1 Å². The highest BCUT2D eigenvalue weighted by Gasteiger charge is 2.31. The second kappa shape index (κ2) is 8.60. The molecule has 25 heavy (non-hydrogen) atoms. The number of rotatable bonds is 8. The van der Waals surface area contributed by atoms with Gasteiger partial charge < -0.3 is 19.3 Å². The van der Waals surface area contributed by atoms with Gasteiger partial charge in [-0.15, -0.1) is 0 Å². The van der Waals surface area contributed by atoms with Gasteiger partial charge in [-0.05, 0) is 24.1 Å². The zero-order valence-electron chi connectivity index (χ0n) is 14.7. The third kappa shape index (κ3) is 5.01. The number of aromatic nitrogens is 1. The smallest absolute Gasteiger partial charge is 0.308 e. The Morgan fingerprint density at radius 1 is 1.16 bits per heavy atom. The van der Waals surface area contributed by atoms with Crippen molar-refractivity contribution in [1.82, 2.24) is 4.98 Å². The Hall–Kier alpha value is -2.44. The maximum atomic E-state index is 11.6. The summed E-state index contributed by atoms with van der Waals surface area (Å²) in [5, 5.41) is 10.8. The van der Waals surface area contributed by atoms with Gasteiger partial charge in [0.05, 0.1) is 39.5 Å². The monoisotopic (exact) mass is 345 g/mol. The average Bonchev–Trinajstić information content (AvgIpc) is 2.62. The fourth-order valence-electron chi connectivity index (χ4n) is 2.59. The molecular weight excluding hydrogens is 322 g/mol. The Morgan fingerprint density at radius 2 is 1.88 bits per heavy atom. The van der Waals surface area contributed by atoms with Crippen LogP contribution in [0.4, 0.5) is 0 Å². The first-order valence-electron chi connectivity index (χ1n) is 7.91. The molecule has 134 valence electrons. The first kappa shape index (κ1) is 18.9. The molecule has 0 amide bonds. The topological polar surface area (TPSA) is 77.9 Å². The van der Waals surface area contributed by atoms with E-state index in [1.54, 1.807) is 13.0 Å². The third-order valence-electron chi connectivity index (χ3n) is 3.86. The summed E-state index contributed by atoms with van der Waals surface area (Å²) >= 11 is 0. The van der Waals surface area contributed by atoms with Crippen molar-refractivity contribution < 1.29 is 24.1 Å². The van der Waals surface area contributed by atoms with Crippen molar-refractivity contribution >= 4 is 5.97 Å². The van der Waals surface area contributed by atoms with Crippen LogP contribution < -0.4 is 4.74 Å². The number of methoxy groups -OCH3 is 2. The van der Waals surface area contributed by atoms with Crippen LogP contribution in [0.5, 0.6) is 5.88 Å². The SMILES string of the molecule is COC(=O)C[C@@](C)(O)c1ccnc(OC)c1COCc1ccccc1. The molecule has 1 heterocycles. The van der Waals surface area contributed by atoms with Crippen LogP contribution in [0, 0.1) is 0 Å². The highest BCUT2D eigenvalue weighted by molar-refractivity contribution is 5.71. The second-order valence-electron chi connectivity index (χ2n) is 5.85. The molecule has 0 aliphatic carbocycles. The molecule has 2 rings (SSSR count). The van der Waals surface area contributed by atoms with Gasteiger partial charge in [-0.3, -0.25) is 4.79 Å². The molecule has 0 aliphatic heterocycles. The van der Waals surface area contributed by atoms with E-state index in [0.29, 0.717) is 23.6 Å². The molecule has 0 fully saturated rings. The minimum Gasteiger partial charge on any atom is -0.481 e. The van der Waals surface area contributed by atoms with Gasteiger partial charge in [0.25, 0.3) is 0 Å². The summed E-state index contributed by atoms with van der Waals surface area (Å²) in [7, 11) is 2.79. The van der Waals surface area contributed by atoms with Crippen molar-refractivity contribution in [3.05, 3.63) is 59.3 Å². The lowest BCUT2D eigenvalue weighted by molar-refractivity contribution is -0.146. The highest BCUT2D eigenvalue weighted by Crippen LogP contribution is 2.32. The van der Waals surface area contributed by atoms with Crippen molar-refractivity contribution in [1.29, 1.82) is 0 Å². The van der Waals surface area contributed by atoms with Crippen molar-refractivity contribution in [3.63, 3.8) is 0 Å². The van der Waals surface area contributed by atoms with E-state index in [1.165, 1.54) is 20.4 Å². The highest BCUT2D eigenvalue weighted by atomic mass is 16.5. The van der Waals surface area contributed by atoms with Gasteiger partial charge in [-0.25, -0.2) is 4.98 Å². The van der Waals surface area contributed by atoms with Crippen molar-refractivity contribution in [2.75, 3.05) is 14.2 Å². The Bertz CT molecular complexity index is 700. The van der Waals surface area contributed by atoms with Gasteiger partial charge in [0.2, 0.25) is 5.88 Å². The molecule has 6 heteroatoms. The summed E-state index contributed by atoms with van der Waals surface area (Å²) < 4.78 is 15.7. The Labute approximate surface area is 147 Å². The van der Waals surface area contributed by atoms with Crippen LogP contribution in [-0.4, -0.2) is 30.3 Å². The molecule has 1 N–H and O–H groups in total. The molecule has 1 aromatic heterocycles. The summed E-state index contributed by atoms with van der Waals surface area (Å²) in [6.07, 6.45) is 1.35. The van der Waals surface area contributed by atoms with E-state index in [-0.39, 0.29) is 13.0 Å². The molecule has 0 saturated heterocycles. The van der Waals surface area contributed by atoms with Gasteiger partial charge in [-0.2, -0.15) is 0 Å². The predicted molar refractivity (Wildman–Crippen MR) is 91.9 cm³/mol. The lowest BCUT2D eigenvalue weighted by Crippen LogP contribution is -2.28. The quantitative estimate of drug-likeness (QED) is 0.741. The number of carbonyl (C=O) groups excluding carboxylic acids is 1. The average molecular weight is 345 g/mol. The number of carbonyl (C=O) groups is 1. The minimum absolute atomic E-state index is 0.178. The second-order valence-corrected chi connectivity index (χ2v) is 5.85. The number of pyridine rings is 1. The zero-order valence-corrected chi connectivity index (χ0v) is 14.7.